The molecular weight excluding hydrogens is 665 g/mol. The molecule has 1 nitrogen and oxygen atoms in total. The Kier molecular flexibility index (Phi) is 5.59. The Morgan fingerprint density at radius 3 is 1.58 bits per heavy atom. The highest BCUT2D eigenvalue weighted by atomic mass is 16.3. The van der Waals surface area contributed by atoms with Gasteiger partial charge in [-0.05, 0) is 88.6 Å². The van der Waals surface area contributed by atoms with Crippen LogP contribution < -0.4 is 0 Å². The molecule has 0 aliphatic carbocycles. The molecule has 0 bridgehead atoms. The molecule has 55 heavy (non-hydrogen) atoms. The Balaban J connectivity index is 1.30. The van der Waals surface area contributed by atoms with E-state index in [1.165, 1.54) is 0 Å². The lowest BCUT2D eigenvalue weighted by Crippen LogP contribution is -1.94. The molecule has 0 saturated carbocycles. The molecule has 0 N–H and O–H groups in total. The van der Waals surface area contributed by atoms with Crippen molar-refractivity contribution < 1.29 is 15.4 Å². The summed E-state index contributed by atoms with van der Waals surface area (Å²) >= 11 is 0. The van der Waals surface area contributed by atoms with E-state index in [1.807, 2.05) is 109 Å². The van der Waals surface area contributed by atoms with E-state index in [2.05, 4.69) is 48.5 Å². The number of rotatable bonds is 5. The fraction of sp³-hybridized carbons (Fsp3) is 0. The quantitative estimate of drug-likeness (QED) is 0.128. The molecule has 0 atom stereocenters. The predicted molar refractivity (Wildman–Crippen MR) is 233 cm³/mol. The molecule has 0 unspecified atom stereocenters. The summed E-state index contributed by atoms with van der Waals surface area (Å²) < 4.78 is 81.6. The third kappa shape index (κ3) is 5.01. The molecule has 256 valence electrons. The lowest BCUT2D eigenvalue weighted by Gasteiger charge is -2.21. The van der Waals surface area contributed by atoms with Gasteiger partial charge in [0.2, 0.25) is 0 Å². The molecule has 10 aromatic carbocycles. The zero-order valence-corrected chi connectivity index (χ0v) is 29.4. The molecule has 1 heterocycles. The molecular formula is C54H34O. The van der Waals surface area contributed by atoms with E-state index in [1.54, 1.807) is 0 Å². The van der Waals surface area contributed by atoms with E-state index in [-0.39, 0.29) is 56.8 Å². The van der Waals surface area contributed by atoms with Gasteiger partial charge in [-0.1, -0.05) is 194 Å². The monoisotopic (exact) mass is 706 g/mol. The maximum Gasteiger partial charge on any atom is 0.143 e. The molecule has 0 aliphatic rings. The van der Waals surface area contributed by atoms with Gasteiger partial charge in [0, 0.05) is 22.1 Å². The summed E-state index contributed by atoms with van der Waals surface area (Å²) in [6, 6.07) is 48.3. The SMILES string of the molecule is [2H]c1c([2H])c([2H])c2c(-c3c(-c4ccccc4)oc4ccccc34)c3c([2H])c([2H])c([2H])c([2H])c3c(-c3ccccc3-c3ccccc3-c3ccc4c(ccc5ccccc54)c3)c2c1[2H]. The van der Waals surface area contributed by atoms with Crippen LogP contribution in [0.3, 0.4) is 0 Å². The van der Waals surface area contributed by atoms with E-state index < -0.39 is 24.2 Å². The molecule has 0 saturated heterocycles. The van der Waals surface area contributed by atoms with Crippen molar-refractivity contribution in [3.05, 3.63) is 206 Å². The zero-order chi connectivity index (χ0) is 43.3. The average molecular weight is 707 g/mol. The van der Waals surface area contributed by atoms with Crippen LogP contribution in [0.5, 0.6) is 0 Å². The van der Waals surface area contributed by atoms with Crippen LogP contribution in [0.1, 0.15) is 11.0 Å². The normalized spacial score (nSPS) is 13.7. The Morgan fingerprint density at radius 1 is 0.327 bits per heavy atom. The van der Waals surface area contributed by atoms with Gasteiger partial charge in [0.1, 0.15) is 11.3 Å². The maximum absolute atomic E-state index is 9.69. The summed E-state index contributed by atoms with van der Waals surface area (Å²) in [5.41, 5.74) is 6.21. The summed E-state index contributed by atoms with van der Waals surface area (Å²) in [5.74, 6) is 0.407. The number of fused-ring (bicyclic) bond motifs is 6. The summed E-state index contributed by atoms with van der Waals surface area (Å²) in [6.45, 7) is 0. The van der Waals surface area contributed by atoms with Gasteiger partial charge in [0.15, 0.2) is 0 Å². The first-order valence-corrected chi connectivity index (χ1v) is 18.3. The fourth-order valence-corrected chi connectivity index (χ4v) is 8.32. The number of furan rings is 1. The summed E-state index contributed by atoms with van der Waals surface area (Å²) in [5, 5.41) is 5.70. The van der Waals surface area contributed by atoms with Crippen molar-refractivity contribution in [3.63, 3.8) is 0 Å². The molecule has 0 aliphatic heterocycles. The average Bonchev–Trinajstić information content (AvgIpc) is 3.72. The summed E-state index contributed by atoms with van der Waals surface area (Å²) in [7, 11) is 0. The largest absolute Gasteiger partial charge is 0.455 e. The number of para-hydroxylation sites is 1. The fourth-order valence-electron chi connectivity index (χ4n) is 8.32. The Bertz CT molecular complexity index is 3640. The van der Waals surface area contributed by atoms with Crippen LogP contribution in [0.2, 0.25) is 0 Å². The van der Waals surface area contributed by atoms with Crippen molar-refractivity contribution in [1.82, 2.24) is 0 Å². The molecule has 0 fully saturated rings. The second kappa shape index (κ2) is 12.7. The van der Waals surface area contributed by atoms with Gasteiger partial charge in [-0.2, -0.15) is 0 Å². The molecule has 1 heteroatoms. The van der Waals surface area contributed by atoms with Gasteiger partial charge in [-0.3, -0.25) is 0 Å². The second-order valence-electron chi connectivity index (χ2n) is 13.7. The minimum Gasteiger partial charge on any atom is -0.455 e. The number of benzene rings is 10. The predicted octanol–water partition coefficient (Wildman–Crippen LogP) is 15.4. The van der Waals surface area contributed by atoms with Crippen molar-refractivity contribution >= 4 is 54.1 Å². The third-order valence-electron chi connectivity index (χ3n) is 10.7. The molecule has 11 aromatic rings. The van der Waals surface area contributed by atoms with Crippen molar-refractivity contribution in [2.24, 2.45) is 0 Å². The smallest absolute Gasteiger partial charge is 0.143 e. The van der Waals surface area contributed by atoms with Crippen molar-refractivity contribution in [1.29, 1.82) is 0 Å². The molecule has 0 radical (unpaired) electrons. The van der Waals surface area contributed by atoms with Crippen LogP contribution in [0.4, 0.5) is 0 Å². The first-order chi connectivity index (χ1) is 30.6. The first kappa shape index (κ1) is 24.2. The lowest BCUT2D eigenvalue weighted by atomic mass is 9.82. The Labute approximate surface area is 330 Å². The maximum atomic E-state index is 9.69. The highest BCUT2D eigenvalue weighted by Crippen LogP contribution is 2.51. The number of hydrogen-bond acceptors (Lipinski definition) is 1. The standard InChI is InChI=1S/C54H34O/c1-2-17-36(18-3-1)54-53(49-28-14-15-29-50(49)55-54)52-47-26-12-10-24-45(47)51(46-25-11-13-27-48(46)52)44-23-9-8-22-43(44)42-21-7-6-20-40(42)38-32-33-41-37(34-38)31-30-35-16-4-5-19-39(35)41/h1-34H/i10D,11D,12D,13D,24D,25D,26D,27D. The second-order valence-corrected chi connectivity index (χ2v) is 13.7. The molecule has 0 spiro atoms. The molecule has 1 aromatic heterocycles. The summed E-state index contributed by atoms with van der Waals surface area (Å²) in [6.07, 6.45) is 0. The van der Waals surface area contributed by atoms with E-state index in [4.69, 9.17) is 9.90 Å². The van der Waals surface area contributed by atoms with Gasteiger partial charge in [-0.15, -0.1) is 0 Å². The van der Waals surface area contributed by atoms with Gasteiger partial charge in [0.05, 0.1) is 11.0 Å². The van der Waals surface area contributed by atoms with Gasteiger partial charge in [-0.25, -0.2) is 0 Å². The number of hydrogen-bond donors (Lipinski definition) is 0. The van der Waals surface area contributed by atoms with E-state index in [0.29, 0.717) is 33.4 Å². The molecule has 11 rings (SSSR count). The van der Waals surface area contributed by atoms with E-state index in [0.717, 1.165) is 43.8 Å². The highest BCUT2D eigenvalue weighted by Gasteiger charge is 2.25. The minimum absolute atomic E-state index is 0.127. The first-order valence-electron chi connectivity index (χ1n) is 22.3. The van der Waals surface area contributed by atoms with E-state index >= 15 is 0 Å². The Morgan fingerprint density at radius 2 is 0.855 bits per heavy atom. The minimum atomic E-state index is -0.461. The lowest BCUT2D eigenvalue weighted by molar-refractivity contribution is 0.632. The van der Waals surface area contributed by atoms with Crippen molar-refractivity contribution in [2.75, 3.05) is 0 Å². The Hall–Kier alpha value is -7.22. The van der Waals surface area contributed by atoms with Crippen LogP contribution >= 0.6 is 0 Å². The van der Waals surface area contributed by atoms with Crippen LogP contribution in [-0.4, -0.2) is 0 Å². The van der Waals surface area contributed by atoms with Crippen LogP contribution in [0.15, 0.2) is 210 Å². The topological polar surface area (TPSA) is 13.1 Å². The molecule has 0 amide bonds. The van der Waals surface area contributed by atoms with Crippen molar-refractivity contribution in [3.8, 4) is 55.8 Å². The van der Waals surface area contributed by atoms with Gasteiger partial charge in [0.25, 0.3) is 0 Å². The van der Waals surface area contributed by atoms with E-state index in [9.17, 15) is 5.48 Å². The van der Waals surface area contributed by atoms with Gasteiger partial charge < -0.3 is 4.42 Å². The zero-order valence-electron chi connectivity index (χ0n) is 37.4. The van der Waals surface area contributed by atoms with Crippen molar-refractivity contribution in [2.45, 2.75) is 0 Å². The van der Waals surface area contributed by atoms with Crippen LogP contribution in [0.25, 0.3) is 110 Å². The van der Waals surface area contributed by atoms with Crippen LogP contribution in [-0.2, 0) is 0 Å². The van der Waals surface area contributed by atoms with Crippen LogP contribution in [0, 0.1) is 0 Å². The third-order valence-corrected chi connectivity index (χ3v) is 10.7. The summed E-state index contributed by atoms with van der Waals surface area (Å²) in [4.78, 5) is 0. The van der Waals surface area contributed by atoms with Gasteiger partial charge >= 0.3 is 0 Å². The highest BCUT2D eigenvalue weighted by molar-refractivity contribution is 6.25.